The number of hydrogen-bond donors (Lipinski definition) is 6. The summed E-state index contributed by atoms with van der Waals surface area (Å²) in [5.74, 6) is -2.20. The van der Waals surface area contributed by atoms with Crippen LogP contribution in [0.25, 0.3) is 0 Å². The summed E-state index contributed by atoms with van der Waals surface area (Å²) in [7, 11) is 1.15. The maximum absolute atomic E-state index is 11.8. The zero-order valence-electron chi connectivity index (χ0n) is 14.8. The van der Waals surface area contributed by atoms with Gasteiger partial charge in [0.15, 0.2) is 0 Å². The third kappa shape index (κ3) is 6.03. The van der Waals surface area contributed by atoms with Crippen LogP contribution in [0.2, 0.25) is 4.43 Å². The van der Waals surface area contributed by atoms with Crippen molar-refractivity contribution in [2.24, 2.45) is 0 Å². The van der Waals surface area contributed by atoms with Gasteiger partial charge in [-0.05, 0) is 0 Å². The van der Waals surface area contributed by atoms with E-state index in [0.717, 1.165) is 8.24 Å². The van der Waals surface area contributed by atoms with Gasteiger partial charge in [0.1, 0.15) is 0 Å². The number of aliphatic hydroxyl groups is 3. The number of aliphatic carboxylic acids is 1. The van der Waals surface area contributed by atoms with Crippen molar-refractivity contribution in [2.45, 2.75) is 60.1 Å². The van der Waals surface area contributed by atoms with E-state index >= 15 is 0 Å². The van der Waals surface area contributed by atoms with Gasteiger partial charge in [0.05, 0.1) is 0 Å². The molecule has 0 aromatic heterocycles. The van der Waals surface area contributed by atoms with E-state index < -0.39 is 76.2 Å². The van der Waals surface area contributed by atoms with E-state index in [1.54, 1.807) is 0 Å². The maximum atomic E-state index is 11.8. The Labute approximate surface area is 165 Å². The minimum atomic E-state index is -1.73. The molecule has 0 aromatic carbocycles. The van der Waals surface area contributed by atoms with E-state index in [2.05, 4.69) is 10.6 Å². The van der Waals surface area contributed by atoms with Gasteiger partial charge in [-0.15, -0.1) is 0 Å². The van der Waals surface area contributed by atoms with Crippen LogP contribution in [0.15, 0.2) is 0 Å². The van der Waals surface area contributed by atoms with Crippen LogP contribution >= 0.6 is 8.24 Å². The Balaban J connectivity index is 3.12. The fraction of sp³-hybridized carbons (Fsp3) is 0.786. The first-order chi connectivity index (χ1) is 12.0. The summed E-state index contributed by atoms with van der Waals surface area (Å²) in [6.07, 6.45) is -6.02. The fourth-order valence-corrected chi connectivity index (χ4v) is 12.9. The van der Waals surface area contributed by atoms with E-state index in [4.69, 9.17) is 4.74 Å². The van der Waals surface area contributed by atoms with Gasteiger partial charge in [-0.1, -0.05) is 0 Å². The van der Waals surface area contributed by atoms with Crippen molar-refractivity contribution >= 4 is 26.0 Å². The third-order valence-electron chi connectivity index (χ3n) is 3.94. The summed E-state index contributed by atoms with van der Waals surface area (Å²) in [5, 5.41) is 45.4. The van der Waals surface area contributed by atoms with E-state index in [9.17, 15) is 34.8 Å². The number of carbonyl (C=O) groups is 3. The van der Waals surface area contributed by atoms with Gasteiger partial charge >= 0.3 is 166 Å². The molecule has 0 bridgehead atoms. The van der Waals surface area contributed by atoms with Crippen LogP contribution in [-0.4, -0.2) is 80.1 Å². The molecule has 10 nitrogen and oxygen atoms in total. The number of carboxylic acid groups (broad SMARTS) is 1. The molecule has 6 N–H and O–H groups in total. The second-order valence-electron chi connectivity index (χ2n) is 6.07. The van der Waals surface area contributed by atoms with Crippen molar-refractivity contribution in [3.05, 3.63) is 0 Å². The van der Waals surface area contributed by atoms with Gasteiger partial charge in [-0.25, -0.2) is 0 Å². The van der Waals surface area contributed by atoms with Crippen LogP contribution in [-0.2, 0) is 42.2 Å². The Bertz CT molecular complexity index is 539. The number of nitrogens with one attached hydrogen (secondary N) is 2. The van der Waals surface area contributed by atoms with Gasteiger partial charge in [0.2, 0.25) is 0 Å². The fourth-order valence-electron chi connectivity index (χ4n) is 2.77. The van der Waals surface area contributed by atoms with Crippen LogP contribution in [0.1, 0.15) is 20.3 Å². The molecule has 2 amide bonds. The Hall–Kier alpha value is -0.465. The first-order valence-corrected chi connectivity index (χ1v) is 21.4. The molecule has 6 atom stereocenters. The van der Waals surface area contributed by atoms with Crippen LogP contribution < -0.4 is 10.6 Å². The second-order valence-corrected chi connectivity index (χ2v) is 17.7. The quantitative estimate of drug-likeness (QED) is 0.179. The van der Waals surface area contributed by atoms with Gasteiger partial charge in [-0.2, -0.15) is 0 Å². The molecule has 1 heterocycles. The number of carbonyl (C=O) groups excluding carboxylic acids is 2. The molecule has 12 heteroatoms. The first kappa shape index (κ1) is 23.6. The van der Waals surface area contributed by atoms with Gasteiger partial charge in [0.25, 0.3) is 0 Å². The number of ether oxygens (including phenoxy) is 1. The molecule has 0 unspecified atom stereocenters. The first-order valence-electron chi connectivity index (χ1n) is 8.15. The molecule has 1 aliphatic rings. The average molecular weight is 581 g/mol. The van der Waals surface area contributed by atoms with E-state index in [1.165, 1.54) is 13.8 Å². The topological polar surface area (TPSA) is 165 Å². The molecule has 0 aromatic rings. The monoisotopic (exact) mass is 582 g/mol. The van der Waals surface area contributed by atoms with Gasteiger partial charge in [-0.3, -0.25) is 0 Å². The molecule has 26 heavy (non-hydrogen) atoms. The van der Waals surface area contributed by atoms with Crippen LogP contribution in [0.5, 0.6) is 0 Å². The molecule has 1 fully saturated rings. The van der Waals surface area contributed by atoms with Crippen LogP contribution in [0, 0.1) is 0 Å². The SMILES string of the molecule is [CH3][Hg][S][C@]1(C(=O)O)C[C@H](O)[C@@H](NC(C)=O)[C@H]([C@H](O)[C@H](O)CNC(C)=O)O1. The van der Waals surface area contributed by atoms with Crippen molar-refractivity contribution in [1.82, 2.24) is 10.6 Å². The minimum absolute atomic E-state index is 0.253. The Morgan fingerprint density at radius 2 is 1.92 bits per heavy atom. The van der Waals surface area contributed by atoms with Crippen LogP contribution in [0.4, 0.5) is 0 Å². The molecular weight excluding hydrogens is 557 g/mol. The summed E-state index contributed by atoms with van der Waals surface area (Å²) >= 11 is -1.61. The third-order valence-corrected chi connectivity index (χ3v) is 13.9. The van der Waals surface area contributed by atoms with E-state index in [-0.39, 0.29) is 13.0 Å². The number of hydrogen-bond acceptors (Lipinski definition) is 8. The summed E-state index contributed by atoms with van der Waals surface area (Å²) in [6.45, 7) is 2.15. The number of rotatable bonds is 8. The summed E-state index contributed by atoms with van der Waals surface area (Å²) in [4.78, 5) is 32.5. The predicted octanol–water partition coefficient (Wildman–Crippen LogP) is -1.94. The molecule has 0 spiro atoms. The zero-order chi connectivity index (χ0) is 20.1. The summed E-state index contributed by atoms with van der Waals surface area (Å²) < 4.78 is 7.60. The Morgan fingerprint density at radius 3 is 2.38 bits per heavy atom. The zero-order valence-corrected chi connectivity index (χ0v) is 21.2. The number of carboxylic acids is 1. The van der Waals surface area contributed by atoms with E-state index in [0.29, 0.717) is 0 Å². The van der Waals surface area contributed by atoms with Crippen molar-refractivity contribution in [3.8, 4) is 0 Å². The number of aliphatic hydroxyl groups excluding tert-OH is 3. The molecule has 146 valence electrons. The standard InChI is InChI=1S/C13H22N2O8S.CH3.Hg/c1-5(16)14-4-8(19)10(20)11-9(15-6(2)17)7(18)3-13(24,23-11)12(21)22;;/h7-11,18-20,24H,3-4H2,1-2H3,(H,14,16)(H,15,17)(H,21,22);1H3;/q;;+1/p-1/t7-,8+,9+,10+,11+,13-;;/m0../s1. The summed E-state index contributed by atoms with van der Waals surface area (Å²) in [5.41, 5.74) is 0. The van der Waals surface area contributed by atoms with Crippen LogP contribution in [0.3, 0.4) is 0 Å². The molecule has 1 saturated heterocycles. The Kier molecular flexibility index (Phi) is 9.23. The Morgan fingerprint density at radius 1 is 1.31 bits per heavy atom. The predicted molar refractivity (Wildman–Crippen MR) is 87.6 cm³/mol. The molecule has 1 aliphatic heterocycles. The van der Waals surface area contributed by atoms with Crippen molar-refractivity contribution in [2.75, 3.05) is 6.54 Å². The van der Waals surface area contributed by atoms with Gasteiger partial charge < -0.3 is 0 Å². The average Bonchev–Trinajstić information content (AvgIpc) is 2.53. The molecule has 0 radical (unpaired) electrons. The van der Waals surface area contributed by atoms with Crippen molar-refractivity contribution in [1.29, 1.82) is 0 Å². The summed E-state index contributed by atoms with van der Waals surface area (Å²) in [6, 6.07) is -1.10. The second kappa shape index (κ2) is 10.2. The normalized spacial score (nSPS) is 30.6. The number of amides is 2. The molecule has 0 saturated carbocycles. The van der Waals surface area contributed by atoms with E-state index in [1.807, 2.05) is 4.43 Å². The van der Waals surface area contributed by atoms with Gasteiger partial charge in [0, 0.05) is 0 Å². The molecular formula is C14H24HgN2O8S. The molecule has 0 aliphatic carbocycles. The molecule has 1 rings (SSSR count). The van der Waals surface area contributed by atoms with Crippen molar-refractivity contribution < 1.29 is 62.6 Å². The van der Waals surface area contributed by atoms with Crippen molar-refractivity contribution in [3.63, 3.8) is 0 Å².